The van der Waals surface area contributed by atoms with E-state index in [9.17, 15) is 5.11 Å². The highest BCUT2D eigenvalue weighted by Crippen LogP contribution is 2.39. The van der Waals surface area contributed by atoms with Gasteiger partial charge in [-0.3, -0.25) is 0 Å². The van der Waals surface area contributed by atoms with Gasteiger partial charge in [0, 0.05) is 33.3 Å². The zero-order valence-corrected chi connectivity index (χ0v) is 11.7. The van der Waals surface area contributed by atoms with Crippen molar-refractivity contribution < 1.29 is 5.11 Å². The third kappa shape index (κ3) is 3.06. The summed E-state index contributed by atoms with van der Waals surface area (Å²) in [6, 6.07) is 2.18. The largest absolute Gasteiger partial charge is 0.396 e. The van der Waals surface area contributed by atoms with Crippen molar-refractivity contribution in [2.75, 3.05) is 19.7 Å². The second kappa shape index (κ2) is 5.63. The van der Waals surface area contributed by atoms with Crippen LogP contribution in [0, 0.1) is 5.41 Å². The van der Waals surface area contributed by atoms with Gasteiger partial charge in [-0.25, -0.2) is 0 Å². The van der Waals surface area contributed by atoms with Gasteiger partial charge in [-0.1, -0.05) is 6.42 Å². The average molecular weight is 304 g/mol. The molecule has 2 nitrogen and oxygen atoms in total. The standard InChI is InChI=1S/C12H18BrNOS/c13-10-6-11(16-7-10)2-5-14-8-12(9-15)3-1-4-12/h6-7,14-15H,1-5,8-9H2. The third-order valence-electron chi connectivity index (χ3n) is 3.42. The lowest BCUT2D eigenvalue weighted by molar-refractivity contribution is 0.0451. The van der Waals surface area contributed by atoms with Crippen molar-refractivity contribution in [1.82, 2.24) is 5.32 Å². The topological polar surface area (TPSA) is 32.3 Å². The van der Waals surface area contributed by atoms with Crippen molar-refractivity contribution in [2.24, 2.45) is 5.41 Å². The molecule has 0 radical (unpaired) electrons. The van der Waals surface area contributed by atoms with Gasteiger partial charge < -0.3 is 10.4 Å². The van der Waals surface area contributed by atoms with E-state index in [2.05, 4.69) is 32.7 Å². The predicted molar refractivity (Wildman–Crippen MR) is 72.0 cm³/mol. The molecule has 1 aromatic heterocycles. The van der Waals surface area contributed by atoms with Crippen LogP contribution in [0.25, 0.3) is 0 Å². The van der Waals surface area contributed by atoms with E-state index in [0.29, 0.717) is 6.61 Å². The minimum Gasteiger partial charge on any atom is -0.396 e. The van der Waals surface area contributed by atoms with Crippen LogP contribution in [0.3, 0.4) is 0 Å². The number of aliphatic hydroxyl groups is 1. The summed E-state index contributed by atoms with van der Waals surface area (Å²) in [7, 11) is 0. The molecule has 0 aliphatic heterocycles. The van der Waals surface area contributed by atoms with E-state index in [1.54, 1.807) is 11.3 Å². The first-order chi connectivity index (χ1) is 7.74. The Morgan fingerprint density at radius 2 is 2.31 bits per heavy atom. The molecule has 1 heterocycles. The summed E-state index contributed by atoms with van der Waals surface area (Å²) in [5, 5.41) is 14.9. The van der Waals surface area contributed by atoms with Crippen molar-refractivity contribution in [3.05, 3.63) is 20.8 Å². The van der Waals surface area contributed by atoms with Gasteiger partial charge in [-0.2, -0.15) is 0 Å². The lowest BCUT2D eigenvalue weighted by Gasteiger charge is -2.40. The number of nitrogens with one attached hydrogen (secondary N) is 1. The van der Waals surface area contributed by atoms with Gasteiger partial charge in [0.05, 0.1) is 0 Å². The first-order valence-electron chi connectivity index (χ1n) is 5.79. The Morgan fingerprint density at radius 3 is 2.81 bits per heavy atom. The second-order valence-corrected chi connectivity index (χ2v) is 6.58. The highest BCUT2D eigenvalue weighted by molar-refractivity contribution is 9.10. The maximum Gasteiger partial charge on any atom is 0.0499 e. The summed E-state index contributed by atoms with van der Waals surface area (Å²) in [5.41, 5.74) is 0.204. The predicted octanol–water partition coefficient (Wildman–Crippen LogP) is 2.81. The van der Waals surface area contributed by atoms with Crippen LogP contribution in [0.15, 0.2) is 15.9 Å². The first-order valence-corrected chi connectivity index (χ1v) is 7.46. The Bertz CT molecular complexity index is 330. The minimum atomic E-state index is 0.204. The molecular weight excluding hydrogens is 286 g/mol. The molecule has 1 aromatic rings. The van der Waals surface area contributed by atoms with E-state index in [0.717, 1.165) is 19.5 Å². The fourth-order valence-corrected chi connectivity index (χ4v) is 3.57. The fourth-order valence-electron chi connectivity index (χ4n) is 2.12. The van der Waals surface area contributed by atoms with Crippen LogP contribution in [-0.2, 0) is 6.42 Å². The Balaban J connectivity index is 1.65. The molecule has 0 saturated heterocycles. The van der Waals surface area contributed by atoms with Crippen LogP contribution in [0.4, 0.5) is 0 Å². The quantitative estimate of drug-likeness (QED) is 0.792. The molecule has 1 fully saturated rings. The first kappa shape index (κ1) is 12.6. The highest BCUT2D eigenvalue weighted by atomic mass is 79.9. The van der Waals surface area contributed by atoms with Crippen molar-refractivity contribution in [3.8, 4) is 0 Å². The van der Waals surface area contributed by atoms with Gasteiger partial charge in [-0.05, 0) is 47.8 Å². The van der Waals surface area contributed by atoms with Crippen LogP contribution in [0.1, 0.15) is 24.1 Å². The van der Waals surface area contributed by atoms with E-state index in [1.807, 2.05) is 0 Å². The second-order valence-electron chi connectivity index (χ2n) is 4.67. The Kier molecular flexibility index (Phi) is 4.41. The van der Waals surface area contributed by atoms with Gasteiger partial charge in [0.1, 0.15) is 0 Å². The highest BCUT2D eigenvalue weighted by Gasteiger charge is 2.35. The fraction of sp³-hybridized carbons (Fsp3) is 0.667. The van der Waals surface area contributed by atoms with E-state index in [4.69, 9.17) is 0 Å². The van der Waals surface area contributed by atoms with E-state index in [-0.39, 0.29) is 5.41 Å². The SMILES string of the molecule is OCC1(CNCCc2cc(Br)cs2)CCC1. The number of hydrogen-bond donors (Lipinski definition) is 2. The molecule has 0 atom stereocenters. The lowest BCUT2D eigenvalue weighted by atomic mass is 9.69. The van der Waals surface area contributed by atoms with Crippen molar-refractivity contribution >= 4 is 27.3 Å². The van der Waals surface area contributed by atoms with Gasteiger partial charge >= 0.3 is 0 Å². The molecule has 0 unspecified atom stereocenters. The molecule has 0 aromatic carbocycles. The third-order valence-corrected chi connectivity index (χ3v) is 5.18. The number of aliphatic hydroxyl groups excluding tert-OH is 1. The number of rotatable bonds is 6. The Hall–Kier alpha value is 0.1000. The summed E-state index contributed by atoms with van der Waals surface area (Å²) in [4.78, 5) is 1.41. The average Bonchev–Trinajstić information content (AvgIpc) is 2.62. The zero-order valence-electron chi connectivity index (χ0n) is 9.34. The van der Waals surface area contributed by atoms with Crippen molar-refractivity contribution in [3.63, 3.8) is 0 Å². The summed E-state index contributed by atoms with van der Waals surface area (Å²) >= 11 is 5.26. The van der Waals surface area contributed by atoms with Crippen LogP contribution in [-0.4, -0.2) is 24.8 Å². The zero-order chi connectivity index (χ0) is 11.4. The summed E-state index contributed by atoms with van der Waals surface area (Å²) in [6.07, 6.45) is 4.72. The van der Waals surface area contributed by atoms with Crippen molar-refractivity contribution in [1.29, 1.82) is 0 Å². The van der Waals surface area contributed by atoms with Crippen LogP contribution in [0.5, 0.6) is 0 Å². The number of thiophene rings is 1. The molecular formula is C12H18BrNOS. The smallest absolute Gasteiger partial charge is 0.0499 e. The van der Waals surface area contributed by atoms with E-state index >= 15 is 0 Å². The van der Waals surface area contributed by atoms with Crippen LogP contribution >= 0.6 is 27.3 Å². The van der Waals surface area contributed by atoms with Crippen LogP contribution < -0.4 is 5.32 Å². The molecule has 1 aliphatic rings. The molecule has 0 bridgehead atoms. The molecule has 4 heteroatoms. The normalized spacial score (nSPS) is 18.4. The Morgan fingerprint density at radius 1 is 1.50 bits per heavy atom. The number of hydrogen-bond acceptors (Lipinski definition) is 3. The van der Waals surface area contributed by atoms with Gasteiger partial charge in [0.15, 0.2) is 0 Å². The Labute approximate surface area is 109 Å². The van der Waals surface area contributed by atoms with Crippen LogP contribution in [0.2, 0.25) is 0 Å². The maximum atomic E-state index is 9.31. The van der Waals surface area contributed by atoms with Gasteiger partial charge in [-0.15, -0.1) is 11.3 Å². The molecule has 1 aliphatic carbocycles. The molecule has 1 saturated carbocycles. The number of halogens is 1. The lowest BCUT2D eigenvalue weighted by Crippen LogP contribution is -2.43. The molecule has 0 amide bonds. The summed E-state index contributed by atoms with van der Waals surface area (Å²) < 4.78 is 1.18. The van der Waals surface area contributed by atoms with E-state index < -0.39 is 0 Å². The van der Waals surface area contributed by atoms with Crippen molar-refractivity contribution in [2.45, 2.75) is 25.7 Å². The summed E-state index contributed by atoms with van der Waals surface area (Å²) in [6.45, 7) is 2.31. The molecule has 2 rings (SSSR count). The minimum absolute atomic E-state index is 0.204. The molecule has 90 valence electrons. The monoisotopic (exact) mass is 303 g/mol. The maximum absolute atomic E-state index is 9.31. The summed E-state index contributed by atoms with van der Waals surface area (Å²) in [5.74, 6) is 0. The molecule has 2 N–H and O–H groups in total. The van der Waals surface area contributed by atoms with Gasteiger partial charge in [0.25, 0.3) is 0 Å². The van der Waals surface area contributed by atoms with E-state index in [1.165, 1.54) is 28.6 Å². The molecule has 0 spiro atoms. The molecule has 16 heavy (non-hydrogen) atoms. The van der Waals surface area contributed by atoms with Gasteiger partial charge in [0.2, 0.25) is 0 Å².